The number of carboxylic acid groups (broad SMARTS) is 2. The van der Waals surface area contributed by atoms with E-state index >= 15 is 0 Å². The average molecular weight is 715 g/mol. The molecule has 2 aliphatic heterocycles. The first-order valence-electron chi connectivity index (χ1n) is 17.4. The first-order valence-corrected chi connectivity index (χ1v) is 18.2. The fourth-order valence-electron chi connectivity index (χ4n) is 9.82. The lowest BCUT2D eigenvalue weighted by atomic mass is 9.73. The summed E-state index contributed by atoms with van der Waals surface area (Å²) in [4.78, 5) is 27.5. The Kier molecular flexibility index (Phi) is 9.86. The summed E-state index contributed by atoms with van der Waals surface area (Å²) < 4.78 is -0.294. The number of hydrogen-bond donors (Lipinski definition) is 2. The minimum Gasteiger partial charge on any atom is -0.545 e. The van der Waals surface area contributed by atoms with Crippen molar-refractivity contribution in [2.24, 2.45) is 0 Å². The third-order valence-corrected chi connectivity index (χ3v) is 12.5. The number of piperidine rings is 2. The van der Waals surface area contributed by atoms with Crippen LogP contribution in [-0.4, -0.2) is 44.3 Å². The van der Waals surface area contributed by atoms with Gasteiger partial charge < -0.3 is 30.4 Å². The van der Waals surface area contributed by atoms with Crippen LogP contribution in [0.3, 0.4) is 0 Å². The maximum Gasteiger partial charge on any atom is 0.280 e. The molecule has 2 fully saturated rings. The number of likely N-dealkylation sites (tertiary alicyclic amines) is 2. The van der Waals surface area contributed by atoms with E-state index < -0.39 is 34.1 Å². The zero-order valence-corrected chi connectivity index (χ0v) is 32.1. The summed E-state index contributed by atoms with van der Waals surface area (Å²) in [6.07, 6.45) is 4.54. The number of thiocarbonyl (C=S) groups is 2. The Morgan fingerprint density at radius 2 is 0.960 bits per heavy atom. The molecule has 0 bridgehead atoms. The summed E-state index contributed by atoms with van der Waals surface area (Å²) in [5.74, 6) is -2.98. The minimum atomic E-state index is -1.49. The van der Waals surface area contributed by atoms with Crippen molar-refractivity contribution in [3.05, 3.63) is 83.9 Å². The highest BCUT2D eigenvalue weighted by atomic mass is 32.1. The van der Waals surface area contributed by atoms with E-state index in [0.717, 1.165) is 31.4 Å². The van der Waals surface area contributed by atoms with Crippen LogP contribution in [0.25, 0.3) is 0 Å². The number of nitrogens with one attached hydrogen (secondary N) is 2. The molecule has 0 unspecified atom stereocenters. The highest BCUT2D eigenvalue weighted by molar-refractivity contribution is 7.80. The largest absolute Gasteiger partial charge is 0.545 e. The van der Waals surface area contributed by atoms with Crippen molar-refractivity contribution >= 4 is 69.3 Å². The normalized spacial score (nSPS) is 21.0. The average Bonchev–Trinajstić information content (AvgIpc) is 3.00. The second-order valence-electron chi connectivity index (χ2n) is 16.3. The van der Waals surface area contributed by atoms with Gasteiger partial charge in [-0.2, -0.15) is 0 Å². The maximum absolute atomic E-state index is 14.1. The van der Waals surface area contributed by atoms with Crippen LogP contribution in [-0.2, 0) is 0 Å². The van der Waals surface area contributed by atoms with Gasteiger partial charge in [-0.15, -0.1) is 0 Å². The first kappa shape index (κ1) is 37.6. The van der Waals surface area contributed by atoms with Gasteiger partial charge in [-0.25, -0.2) is 8.97 Å². The van der Waals surface area contributed by atoms with E-state index in [-0.39, 0.29) is 25.8 Å². The van der Waals surface area contributed by atoms with Gasteiger partial charge in [-0.05, 0) is 98.6 Å². The number of carboxylic acids is 2. The van der Waals surface area contributed by atoms with E-state index in [1.165, 1.54) is 6.07 Å². The quantitative estimate of drug-likeness (QED) is 0.203. The monoisotopic (exact) mass is 714 g/mol. The topological polar surface area (TPSA) is 104 Å². The number of benzene rings is 3. The molecule has 266 valence electrons. The van der Waals surface area contributed by atoms with Crippen LogP contribution in [0.15, 0.2) is 72.8 Å². The number of anilines is 2. The molecule has 2 saturated heterocycles. The molecule has 10 heteroatoms. The van der Waals surface area contributed by atoms with E-state index in [0.29, 0.717) is 34.4 Å². The molecule has 0 radical (unpaired) electrons. The number of nitrogens with zero attached hydrogens (tertiary/aromatic N) is 2. The number of para-hydroxylation sites is 2. The Labute approximate surface area is 307 Å². The molecule has 0 atom stereocenters. The Hall–Kier alpha value is -3.70. The minimum absolute atomic E-state index is 0.0480. The van der Waals surface area contributed by atoms with E-state index in [1.54, 1.807) is 6.07 Å². The van der Waals surface area contributed by atoms with Crippen molar-refractivity contribution in [1.29, 1.82) is 0 Å². The number of rotatable bonds is 6. The number of quaternary nitrogens is 2. The van der Waals surface area contributed by atoms with Crippen LogP contribution in [0.1, 0.15) is 115 Å². The molecule has 50 heavy (non-hydrogen) atoms. The summed E-state index contributed by atoms with van der Waals surface area (Å²) in [6, 6.07) is 22.2. The Balaban J connectivity index is 1.98. The molecule has 2 N–H and O–H groups in total. The Morgan fingerprint density at radius 1 is 0.580 bits per heavy atom. The molecular formula is C40H50N4O4S2. The van der Waals surface area contributed by atoms with E-state index in [1.807, 2.05) is 88.4 Å². The zero-order valence-electron chi connectivity index (χ0n) is 30.5. The van der Waals surface area contributed by atoms with Crippen LogP contribution in [0.5, 0.6) is 0 Å². The summed E-state index contributed by atoms with van der Waals surface area (Å²) in [5.41, 5.74) is -1.35. The lowest BCUT2D eigenvalue weighted by Gasteiger charge is -2.63. The SMILES string of the molecule is CC1(C)CCCC(C)(C)[N+]1(C(=S)Nc1ccccc1)c1ccc(C(=O)[O-])c([N+]2(C(=S)Nc3ccccc3)C(C)(C)CCCC2(C)C)c1C(=O)[O-]. The van der Waals surface area contributed by atoms with E-state index in [9.17, 15) is 19.8 Å². The van der Waals surface area contributed by atoms with Crippen molar-refractivity contribution in [3.63, 3.8) is 0 Å². The van der Waals surface area contributed by atoms with Crippen LogP contribution in [0, 0.1) is 0 Å². The summed E-state index contributed by atoms with van der Waals surface area (Å²) in [7, 11) is 0. The molecule has 0 amide bonds. The van der Waals surface area contributed by atoms with Gasteiger partial charge in [0.05, 0.1) is 17.5 Å². The lowest BCUT2D eigenvalue weighted by molar-refractivity contribution is -0.255. The summed E-state index contributed by atoms with van der Waals surface area (Å²) >= 11 is 12.8. The van der Waals surface area contributed by atoms with Crippen LogP contribution >= 0.6 is 24.4 Å². The Bertz CT molecular complexity index is 1790. The summed E-state index contributed by atoms with van der Waals surface area (Å²) in [6.45, 7) is 16.6. The van der Waals surface area contributed by atoms with E-state index in [4.69, 9.17) is 24.4 Å². The van der Waals surface area contributed by atoms with Gasteiger partial charge in [0.25, 0.3) is 10.2 Å². The van der Waals surface area contributed by atoms with Crippen molar-refractivity contribution in [1.82, 2.24) is 8.97 Å². The third kappa shape index (κ3) is 5.64. The number of carbonyl (C=O) groups is 2. The number of hydrogen-bond acceptors (Lipinski definition) is 6. The molecule has 3 aromatic rings. The van der Waals surface area contributed by atoms with Crippen molar-refractivity contribution in [2.75, 3.05) is 10.6 Å². The second-order valence-corrected chi connectivity index (χ2v) is 17.1. The van der Waals surface area contributed by atoms with Gasteiger partial charge in [0, 0.05) is 67.6 Å². The molecule has 3 aromatic carbocycles. The maximum atomic E-state index is 14.1. The van der Waals surface area contributed by atoms with Gasteiger partial charge in [-0.3, -0.25) is 0 Å². The molecule has 0 saturated carbocycles. The molecular weight excluding hydrogens is 665 g/mol. The second kappa shape index (κ2) is 13.1. The van der Waals surface area contributed by atoms with Crippen molar-refractivity contribution < 1.29 is 19.8 Å². The van der Waals surface area contributed by atoms with Crippen molar-refractivity contribution in [3.8, 4) is 0 Å². The van der Waals surface area contributed by atoms with Gasteiger partial charge in [0.1, 0.15) is 27.7 Å². The highest BCUT2D eigenvalue weighted by Crippen LogP contribution is 2.57. The lowest BCUT2D eigenvalue weighted by Crippen LogP contribution is -2.80. The van der Waals surface area contributed by atoms with Crippen LogP contribution < -0.4 is 29.8 Å². The standard InChI is InChI=1S/C40H50N4O4S2/c1-37(2)23-15-24-38(3,4)43(37,35(49)41-27-17-11-9-12-18-27)30-22-21-29(33(45)46)32(31(30)34(47)48)44(36(50)42-28-19-13-10-14-20-28)39(5,6)25-16-26-40(44,7)8/h9-14,17-22H,15-16,23-26H2,1-8H3,(H2-2,41,42,45,46,47,48,49,50). The molecule has 2 aliphatic rings. The Morgan fingerprint density at radius 3 is 1.34 bits per heavy atom. The predicted octanol–water partition coefficient (Wildman–Crippen LogP) is 7.30. The fraction of sp³-hybridized carbons (Fsp3) is 0.450. The molecule has 5 rings (SSSR count). The van der Waals surface area contributed by atoms with Crippen LogP contribution in [0.4, 0.5) is 22.7 Å². The molecule has 2 heterocycles. The predicted molar refractivity (Wildman–Crippen MR) is 208 cm³/mol. The fourth-order valence-corrected chi connectivity index (χ4v) is 11.2. The van der Waals surface area contributed by atoms with Gasteiger partial charge in [0.2, 0.25) is 0 Å². The van der Waals surface area contributed by atoms with Gasteiger partial charge in [0.15, 0.2) is 11.4 Å². The number of aromatic carboxylic acids is 2. The molecule has 0 spiro atoms. The molecule has 8 nitrogen and oxygen atoms in total. The molecule has 0 aromatic heterocycles. The first-order chi connectivity index (χ1) is 23.3. The van der Waals surface area contributed by atoms with Gasteiger partial charge >= 0.3 is 0 Å². The van der Waals surface area contributed by atoms with Crippen LogP contribution in [0.2, 0.25) is 0 Å². The smallest absolute Gasteiger partial charge is 0.280 e. The van der Waals surface area contributed by atoms with Crippen molar-refractivity contribution in [2.45, 2.75) is 116 Å². The molecule has 0 aliphatic carbocycles. The highest BCUT2D eigenvalue weighted by Gasteiger charge is 2.66. The van der Waals surface area contributed by atoms with E-state index in [2.05, 4.69) is 38.3 Å². The van der Waals surface area contributed by atoms with Gasteiger partial charge in [-0.1, -0.05) is 36.4 Å². The zero-order chi connectivity index (χ0) is 36.9. The number of carbonyl (C=O) groups excluding carboxylic acids is 2. The third-order valence-electron chi connectivity index (χ3n) is 11.7. The summed E-state index contributed by atoms with van der Waals surface area (Å²) in [5, 5.41) is 35.1.